The molecule has 1 amide bonds. The van der Waals surface area contributed by atoms with Crippen molar-refractivity contribution in [2.45, 2.75) is 25.7 Å². The largest absolute Gasteiger partial charge is 0.396 e. The number of rotatable bonds is 3. The van der Waals surface area contributed by atoms with Gasteiger partial charge in [0.1, 0.15) is 5.82 Å². The van der Waals surface area contributed by atoms with Crippen LogP contribution in [0, 0.1) is 11.7 Å². The SMILES string of the molecule is CC(C)(C(=O)N1CCC(CO)C1)c1ccc(F)cc1. The lowest BCUT2D eigenvalue weighted by atomic mass is 9.83. The number of carbonyl (C=O) groups is 1. The topological polar surface area (TPSA) is 40.5 Å². The van der Waals surface area contributed by atoms with Gasteiger partial charge in [-0.05, 0) is 38.0 Å². The lowest BCUT2D eigenvalue weighted by molar-refractivity contribution is -0.135. The first-order chi connectivity index (χ1) is 8.95. The van der Waals surface area contributed by atoms with Gasteiger partial charge in [0.2, 0.25) is 5.91 Å². The summed E-state index contributed by atoms with van der Waals surface area (Å²) in [5, 5.41) is 9.14. The van der Waals surface area contributed by atoms with Crippen LogP contribution in [0.5, 0.6) is 0 Å². The summed E-state index contributed by atoms with van der Waals surface area (Å²) < 4.78 is 13.0. The van der Waals surface area contributed by atoms with Crippen molar-refractivity contribution in [2.75, 3.05) is 19.7 Å². The van der Waals surface area contributed by atoms with Gasteiger partial charge in [-0.2, -0.15) is 0 Å². The minimum absolute atomic E-state index is 0.0371. The molecule has 1 N–H and O–H groups in total. The van der Waals surface area contributed by atoms with E-state index in [-0.39, 0.29) is 24.2 Å². The predicted molar refractivity (Wildman–Crippen MR) is 71.2 cm³/mol. The van der Waals surface area contributed by atoms with E-state index in [9.17, 15) is 9.18 Å². The Kier molecular flexibility index (Phi) is 3.90. The molecule has 0 saturated carbocycles. The zero-order chi connectivity index (χ0) is 14.0. The lowest BCUT2D eigenvalue weighted by Crippen LogP contribution is -2.42. The fourth-order valence-electron chi connectivity index (χ4n) is 2.55. The van der Waals surface area contributed by atoms with Gasteiger partial charge in [-0.25, -0.2) is 4.39 Å². The van der Waals surface area contributed by atoms with Gasteiger partial charge in [-0.15, -0.1) is 0 Å². The third kappa shape index (κ3) is 2.78. The molecule has 0 radical (unpaired) electrons. The Labute approximate surface area is 113 Å². The minimum atomic E-state index is -0.669. The fourth-order valence-corrected chi connectivity index (χ4v) is 2.55. The molecule has 4 heteroatoms. The molecule has 1 heterocycles. The molecule has 0 aromatic heterocycles. The highest BCUT2D eigenvalue weighted by atomic mass is 19.1. The second-order valence-electron chi connectivity index (χ2n) is 5.72. The molecule has 1 atom stereocenters. The maximum absolute atomic E-state index is 13.0. The summed E-state index contributed by atoms with van der Waals surface area (Å²) in [7, 11) is 0. The summed E-state index contributed by atoms with van der Waals surface area (Å²) in [6, 6.07) is 6.08. The highest BCUT2D eigenvalue weighted by Gasteiger charge is 2.36. The van der Waals surface area contributed by atoms with Gasteiger partial charge >= 0.3 is 0 Å². The molecular formula is C15H20FNO2. The second-order valence-corrected chi connectivity index (χ2v) is 5.72. The monoisotopic (exact) mass is 265 g/mol. The normalized spacial score (nSPS) is 19.8. The van der Waals surface area contributed by atoms with Crippen LogP contribution in [-0.2, 0) is 10.2 Å². The summed E-state index contributed by atoms with van der Waals surface area (Å²) >= 11 is 0. The number of hydrogen-bond donors (Lipinski definition) is 1. The van der Waals surface area contributed by atoms with Crippen molar-refractivity contribution < 1.29 is 14.3 Å². The molecule has 1 aliphatic rings. The van der Waals surface area contributed by atoms with Crippen LogP contribution >= 0.6 is 0 Å². The highest BCUT2D eigenvalue weighted by Crippen LogP contribution is 2.28. The van der Waals surface area contributed by atoms with Crippen LogP contribution in [0.15, 0.2) is 24.3 Å². The Morgan fingerprint density at radius 2 is 2.05 bits per heavy atom. The molecule has 0 spiro atoms. The van der Waals surface area contributed by atoms with Crippen LogP contribution in [-0.4, -0.2) is 35.6 Å². The average Bonchev–Trinajstić information content (AvgIpc) is 2.87. The molecule has 2 rings (SSSR count). The number of amides is 1. The Morgan fingerprint density at radius 1 is 1.42 bits per heavy atom. The number of nitrogens with zero attached hydrogens (tertiary/aromatic N) is 1. The highest BCUT2D eigenvalue weighted by molar-refractivity contribution is 5.87. The lowest BCUT2D eigenvalue weighted by Gasteiger charge is -2.29. The molecule has 1 unspecified atom stereocenters. The summed E-state index contributed by atoms with van der Waals surface area (Å²) in [6.45, 7) is 5.14. The number of aliphatic hydroxyl groups excluding tert-OH is 1. The zero-order valence-corrected chi connectivity index (χ0v) is 11.4. The summed E-state index contributed by atoms with van der Waals surface area (Å²) in [5.74, 6) is -0.0726. The van der Waals surface area contributed by atoms with Crippen LogP contribution < -0.4 is 0 Å². The van der Waals surface area contributed by atoms with Crippen LogP contribution in [0.1, 0.15) is 25.8 Å². The van der Waals surface area contributed by atoms with Crippen molar-refractivity contribution in [3.05, 3.63) is 35.6 Å². The van der Waals surface area contributed by atoms with Crippen molar-refractivity contribution in [3.8, 4) is 0 Å². The van der Waals surface area contributed by atoms with Gasteiger partial charge in [0.15, 0.2) is 0 Å². The maximum Gasteiger partial charge on any atom is 0.232 e. The molecule has 1 aromatic carbocycles. The molecule has 1 aromatic rings. The van der Waals surface area contributed by atoms with Crippen molar-refractivity contribution in [2.24, 2.45) is 5.92 Å². The van der Waals surface area contributed by atoms with Crippen molar-refractivity contribution in [1.82, 2.24) is 4.90 Å². The first-order valence-electron chi connectivity index (χ1n) is 6.61. The van der Waals surface area contributed by atoms with Gasteiger partial charge < -0.3 is 10.0 Å². The van der Waals surface area contributed by atoms with E-state index in [0.717, 1.165) is 12.0 Å². The Bertz CT molecular complexity index is 456. The average molecular weight is 265 g/mol. The number of hydrogen-bond acceptors (Lipinski definition) is 2. The molecule has 1 saturated heterocycles. The molecule has 1 fully saturated rings. The van der Waals surface area contributed by atoms with E-state index < -0.39 is 5.41 Å². The number of aliphatic hydroxyl groups is 1. The Balaban J connectivity index is 2.15. The fraction of sp³-hybridized carbons (Fsp3) is 0.533. The first kappa shape index (κ1) is 14.0. The van der Waals surface area contributed by atoms with E-state index in [1.165, 1.54) is 12.1 Å². The summed E-state index contributed by atoms with van der Waals surface area (Å²) in [6.07, 6.45) is 0.849. The number of benzene rings is 1. The molecule has 1 aliphatic heterocycles. The number of likely N-dealkylation sites (tertiary alicyclic amines) is 1. The van der Waals surface area contributed by atoms with E-state index in [2.05, 4.69) is 0 Å². The van der Waals surface area contributed by atoms with Gasteiger partial charge in [0.25, 0.3) is 0 Å². The van der Waals surface area contributed by atoms with Gasteiger partial charge in [0.05, 0.1) is 5.41 Å². The third-order valence-corrected chi connectivity index (χ3v) is 3.93. The van der Waals surface area contributed by atoms with E-state index in [1.54, 1.807) is 17.0 Å². The van der Waals surface area contributed by atoms with Gasteiger partial charge in [-0.3, -0.25) is 4.79 Å². The van der Waals surface area contributed by atoms with Crippen LogP contribution in [0.3, 0.4) is 0 Å². The smallest absolute Gasteiger partial charge is 0.232 e. The van der Waals surface area contributed by atoms with E-state index >= 15 is 0 Å². The number of carbonyl (C=O) groups excluding carboxylic acids is 1. The molecular weight excluding hydrogens is 245 g/mol. The summed E-state index contributed by atoms with van der Waals surface area (Å²) in [5.41, 5.74) is 0.143. The predicted octanol–water partition coefficient (Wildman–Crippen LogP) is 1.94. The van der Waals surface area contributed by atoms with Crippen molar-refractivity contribution >= 4 is 5.91 Å². The van der Waals surface area contributed by atoms with Crippen LogP contribution in [0.25, 0.3) is 0 Å². The zero-order valence-electron chi connectivity index (χ0n) is 11.4. The van der Waals surface area contributed by atoms with Gasteiger partial charge in [0, 0.05) is 25.6 Å². The molecule has 3 nitrogen and oxygen atoms in total. The van der Waals surface area contributed by atoms with Crippen LogP contribution in [0.4, 0.5) is 4.39 Å². The Hall–Kier alpha value is -1.42. The van der Waals surface area contributed by atoms with Gasteiger partial charge in [-0.1, -0.05) is 12.1 Å². The minimum Gasteiger partial charge on any atom is -0.396 e. The maximum atomic E-state index is 13.0. The molecule has 104 valence electrons. The second kappa shape index (κ2) is 5.29. The van der Waals surface area contributed by atoms with Crippen molar-refractivity contribution in [3.63, 3.8) is 0 Å². The standard InChI is InChI=1S/C15H20FNO2/c1-15(2,12-3-5-13(16)6-4-12)14(19)17-8-7-11(9-17)10-18/h3-6,11,18H,7-10H2,1-2H3. The third-order valence-electron chi connectivity index (χ3n) is 3.93. The summed E-state index contributed by atoms with van der Waals surface area (Å²) in [4.78, 5) is 14.4. The molecule has 0 aliphatic carbocycles. The molecule has 19 heavy (non-hydrogen) atoms. The van der Waals surface area contributed by atoms with E-state index in [0.29, 0.717) is 13.1 Å². The Morgan fingerprint density at radius 3 is 2.58 bits per heavy atom. The van der Waals surface area contributed by atoms with Crippen LogP contribution in [0.2, 0.25) is 0 Å². The van der Waals surface area contributed by atoms with E-state index in [4.69, 9.17) is 5.11 Å². The molecule has 0 bridgehead atoms. The van der Waals surface area contributed by atoms with Crippen molar-refractivity contribution in [1.29, 1.82) is 0 Å². The first-order valence-corrected chi connectivity index (χ1v) is 6.61. The quantitative estimate of drug-likeness (QED) is 0.907. The number of halogens is 1. The van der Waals surface area contributed by atoms with E-state index in [1.807, 2.05) is 13.8 Å².